The molecular formula is C32H23N. The Bertz CT molecular complexity index is 1500. The Balaban J connectivity index is 1.71. The quantitative estimate of drug-likeness (QED) is 0.256. The lowest BCUT2D eigenvalue weighted by Crippen LogP contribution is -2.11. The predicted molar refractivity (Wildman–Crippen MR) is 142 cm³/mol. The number of nitrogens with zero attached hydrogens (tertiary/aromatic N) is 1. The van der Waals surface area contributed by atoms with Crippen molar-refractivity contribution < 1.29 is 0 Å². The monoisotopic (exact) mass is 421 g/mol. The van der Waals surface area contributed by atoms with Gasteiger partial charge in [0.15, 0.2) is 0 Å². The van der Waals surface area contributed by atoms with Crippen LogP contribution in [-0.4, -0.2) is 0 Å². The highest BCUT2D eigenvalue weighted by atomic mass is 15.1. The molecule has 0 unspecified atom stereocenters. The summed E-state index contributed by atoms with van der Waals surface area (Å²) in [5.41, 5.74) is 5.90. The van der Waals surface area contributed by atoms with Gasteiger partial charge in [0.25, 0.3) is 0 Å². The summed E-state index contributed by atoms with van der Waals surface area (Å²) in [6, 6.07) is 49.7. The van der Waals surface area contributed by atoms with Crippen LogP contribution >= 0.6 is 0 Å². The van der Waals surface area contributed by atoms with Crippen molar-refractivity contribution in [2.45, 2.75) is 0 Å². The van der Waals surface area contributed by atoms with Crippen molar-refractivity contribution in [1.82, 2.24) is 0 Å². The van der Waals surface area contributed by atoms with Crippen molar-refractivity contribution in [1.29, 1.82) is 0 Å². The average molecular weight is 422 g/mol. The van der Waals surface area contributed by atoms with E-state index < -0.39 is 0 Å². The summed E-state index contributed by atoms with van der Waals surface area (Å²) in [6.07, 6.45) is 0. The van der Waals surface area contributed by atoms with Gasteiger partial charge in [-0.2, -0.15) is 0 Å². The first-order valence-electron chi connectivity index (χ1n) is 11.3. The largest absolute Gasteiger partial charge is 0.310 e. The van der Waals surface area contributed by atoms with E-state index in [1.165, 1.54) is 38.4 Å². The van der Waals surface area contributed by atoms with Crippen LogP contribution in [-0.2, 0) is 0 Å². The van der Waals surface area contributed by atoms with E-state index in [1.807, 2.05) is 0 Å². The molecule has 156 valence electrons. The molecule has 0 aliphatic heterocycles. The van der Waals surface area contributed by atoms with Gasteiger partial charge < -0.3 is 4.90 Å². The fourth-order valence-electron chi connectivity index (χ4n) is 4.68. The maximum absolute atomic E-state index is 2.36. The van der Waals surface area contributed by atoms with E-state index in [4.69, 9.17) is 0 Å². The van der Waals surface area contributed by atoms with Crippen LogP contribution in [0.25, 0.3) is 32.7 Å². The first-order chi connectivity index (χ1) is 16.4. The summed E-state index contributed by atoms with van der Waals surface area (Å²) in [7, 11) is 0. The Labute approximate surface area is 194 Å². The molecule has 0 atom stereocenters. The molecule has 0 fully saturated rings. The lowest BCUT2D eigenvalue weighted by Gasteiger charge is -2.28. The Morgan fingerprint density at radius 3 is 1.52 bits per heavy atom. The van der Waals surface area contributed by atoms with Gasteiger partial charge in [0.1, 0.15) is 0 Å². The third-order valence-corrected chi connectivity index (χ3v) is 6.20. The van der Waals surface area contributed by atoms with Gasteiger partial charge in [-0.25, -0.2) is 0 Å². The zero-order valence-electron chi connectivity index (χ0n) is 18.2. The molecule has 1 heteroatoms. The van der Waals surface area contributed by atoms with Crippen molar-refractivity contribution in [2.75, 3.05) is 4.90 Å². The molecule has 0 aromatic heterocycles. The van der Waals surface area contributed by atoms with E-state index in [2.05, 4.69) is 144 Å². The Morgan fingerprint density at radius 1 is 0.394 bits per heavy atom. The highest BCUT2D eigenvalue weighted by Crippen LogP contribution is 2.44. The van der Waals surface area contributed by atoms with Crippen molar-refractivity contribution in [3.05, 3.63) is 140 Å². The van der Waals surface area contributed by atoms with E-state index in [-0.39, 0.29) is 0 Å². The summed E-state index contributed by atoms with van der Waals surface area (Å²) in [4.78, 5) is 2.36. The molecule has 1 nitrogen and oxygen atoms in total. The second kappa shape index (κ2) is 8.29. The minimum atomic E-state index is 1.14. The number of hydrogen-bond acceptors (Lipinski definition) is 1. The number of fused-ring (bicyclic) bond motifs is 2. The molecule has 0 aliphatic carbocycles. The number of benzene rings is 6. The standard InChI is InChI=1S/C32H23N/c1-4-12-24(13-5-1)32-30-23-26-15-11-10-14-25(26)22-27(30)20-21-31(32)33(28-16-6-2-7-17-28)29-18-8-3-9-19-29/h1-23H. The Kier molecular flexibility index (Phi) is 4.86. The maximum atomic E-state index is 2.36. The smallest absolute Gasteiger partial charge is 0.0546 e. The van der Waals surface area contributed by atoms with Crippen LogP contribution in [0.4, 0.5) is 17.1 Å². The minimum absolute atomic E-state index is 1.14. The highest BCUT2D eigenvalue weighted by molar-refractivity contribution is 6.10. The molecule has 0 radical (unpaired) electrons. The van der Waals surface area contributed by atoms with Crippen molar-refractivity contribution in [3.63, 3.8) is 0 Å². The van der Waals surface area contributed by atoms with Crippen LogP contribution in [0.3, 0.4) is 0 Å². The molecule has 0 saturated carbocycles. The first kappa shape index (κ1) is 19.3. The second-order valence-corrected chi connectivity index (χ2v) is 8.25. The summed E-state index contributed by atoms with van der Waals surface area (Å²) >= 11 is 0. The SMILES string of the molecule is c1ccc(-c2c(N(c3ccccc3)c3ccccc3)ccc3cc4ccccc4cc23)cc1. The molecule has 0 amide bonds. The lowest BCUT2D eigenvalue weighted by molar-refractivity contribution is 1.29. The van der Waals surface area contributed by atoms with Gasteiger partial charge >= 0.3 is 0 Å². The topological polar surface area (TPSA) is 3.24 Å². The number of anilines is 3. The third-order valence-electron chi connectivity index (χ3n) is 6.20. The third kappa shape index (κ3) is 3.54. The summed E-state index contributed by atoms with van der Waals surface area (Å²) < 4.78 is 0. The molecule has 0 saturated heterocycles. The molecule has 6 rings (SSSR count). The van der Waals surface area contributed by atoms with Crippen molar-refractivity contribution in [2.24, 2.45) is 0 Å². The molecule has 0 bridgehead atoms. The molecular weight excluding hydrogens is 398 g/mol. The highest BCUT2D eigenvalue weighted by Gasteiger charge is 2.19. The van der Waals surface area contributed by atoms with E-state index >= 15 is 0 Å². The predicted octanol–water partition coefficient (Wildman–Crippen LogP) is 9.13. The summed E-state index contributed by atoms with van der Waals surface area (Å²) in [5, 5.41) is 5.02. The average Bonchev–Trinajstić information content (AvgIpc) is 2.89. The van der Waals surface area contributed by atoms with Crippen molar-refractivity contribution >= 4 is 38.6 Å². The first-order valence-corrected chi connectivity index (χ1v) is 11.3. The van der Waals surface area contributed by atoms with E-state index in [0.717, 1.165) is 11.4 Å². The molecule has 6 aromatic rings. The number of hydrogen-bond donors (Lipinski definition) is 0. The molecule has 0 heterocycles. The van der Waals surface area contributed by atoms with E-state index in [9.17, 15) is 0 Å². The van der Waals surface area contributed by atoms with Crippen LogP contribution in [0.2, 0.25) is 0 Å². The van der Waals surface area contributed by atoms with Gasteiger partial charge in [0.2, 0.25) is 0 Å². The fraction of sp³-hybridized carbons (Fsp3) is 0. The molecule has 33 heavy (non-hydrogen) atoms. The van der Waals surface area contributed by atoms with Crippen LogP contribution in [0.1, 0.15) is 0 Å². The van der Waals surface area contributed by atoms with Gasteiger partial charge in [-0.3, -0.25) is 0 Å². The van der Waals surface area contributed by atoms with Crippen LogP contribution in [0.15, 0.2) is 140 Å². The van der Waals surface area contributed by atoms with E-state index in [1.54, 1.807) is 0 Å². The van der Waals surface area contributed by atoms with Gasteiger partial charge in [-0.1, -0.05) is 97.1 Å². The van der Waals surface area contributed by atoms with Gasteiger partial charge in [-0.15, -0.1) is 0 Å². The molecule has 6 aromatic carbocycles. The summed E-state index contributed by atoms with van der Waals surface area (Å²) in [5.74, 6) is 0. The molecule has 0 N–H and O–H groups in total. The zero-order chi connectivity index (χ0) is 22.0. The van der Waals surface area contributed by atoms with Crippen LogP contribution in [0, 0.1) is 0 Å². The normalized spacial score (nSPS) is 11.0. The molecule has 0 spiro atoms. The van der Waals surface area contributed by atoms with Gasteiger partial charge in [0.05, 0.1) is 5.69 Å². The number of rotatable bonds is 4. The Hall–Kier alpha value is -4.36. The van der Waals surface area contributed by atoms with Crippen molar-refractivity contribution in [3.8, 4) is 11.1 Å². The van der Waals surface area contributed by atoms with Gasteiger partial charge in [0, 0.05) is 16.9 Å². The molecule has 0 aliphatic rings. The summed E-state index contributed by atoms with van der Waals surface area (Å²) in [6.45, 7) is 0. The fourth-order valence-corrected chi connectivity index (χ4v) is 4.68. The lowest BCUT2D eigenvalue weighted by atomic mass is 9.93. The van der Waals surface area contributed by atoms with Crippen LogP contribution in [0.5, 0.6) is 0 Å². The zero-order valence-corrected chi connectivity index (χ0v) is 18.2. The number of para-hydroxylation sites is 2. The van der Waals surface area contributed by atoms with E-state index in [0.29, 0.717) is 0 Å². The van der Waals surface area contributed by atoms with Crippen LogP contribution < -0.4 is 4.90 Å². The van der Waals surface area contributed by atoms with Gasteiger partial charge in [-0.05, 0) is 69.6 Å². The minimum Gasteiger partial charge on any atom is -0.310 e. The Morgan fingerprint density at radius 2 is 0.909 bits per heavy atom. The second-order valence-electron chi connectivity index (χ2n) is 8.25. The maximum Gasteiger partial charge on any atom is 0.0546 e.